The van der Waals surface area contributed by atoms with Gasteiger partial charge in [0.15, 0.2) is 0 Å². The van der Waals surface area contributed by atoms with Crippen LogP contribution in [0.2, 0.25) is 0 Å². The zero-order chi connectivity index (χ0) is 21.3. The first-order valence-corrected chi connectivity index (χ1v) is 10.5. The van der Waals surface area contributed by atoms with Crippen LogP contribution in [0.1, 0.15) is 41.9 Å². The Morgan fingerprint density at radius 3 is 2.57 bits per heavy atom. The maximum Gasteiger partial charge on any atom is 0.225 e. The van der Waals surface area contributed by atoms with Crippen molar-refractivity contribution >= 4 is 11.8 Å². The Bertz CT molecular complexity index is 958. The molecule has 2 aliphatic rings. The average Bonchev–Trinajstić information content (AvgIpc) is 3.58. The summed E-state index contributed by atoms with van der Waals surface area (Å²) < 4.78 is 27.1. The molecule has 0 bridgehead atoms. The number of hydrogen-bond acceptors (Lipinski definition) is 2. The number of aryl methyl sites for hydroxylation is 1. The third-order valence-corrected chi connectivity index (χ3v) is 6.07. The number of amides is 2. The van der Waals surface area contributed by atoms with Crippen molar-refractivity contribution in [3.63, 3.8) is 0 Å². The summed E-state index contributed by atoms with van der Waals surface area (Å²) in [6.45, 7) is 2.90. The van der Waals surface area contributed by atoms with E-state index in [1.165, 1.54) is 18.2 Å². The van der Waals surface area contributed by atoms with Crippen molar-refractivity contribution in [1.29, 1.82) is 0 Å². The molecule has 2 aromatic rings. The Hall–Kier alpha value is -2.76. The van der Waals surface area contributed by atoms with E-state index in [-0.39, 0.29) is 47.7 Å². The first kappa shape index (κ1) is 20.5. The summed E-state index contributed by atoms with van der Waals surface area (Å²) in [4.78, 5) is 27.4. The molecule has 158 valence electrons. The summed E-state index contributed by atoms with van der Waals surface area (Å²) in [5, 5.41) is 2.89. The van der Waals surface area contributed by atoms with Gasteiger partial charge in [-0.15, -0.1) is 0 Å². The highest BCUT2D eigenvalue weighted by molar-refractivity contribution is 5.83. The highest BCUT2D eigenvalue weighted by atomic mass is 19.1. The van der Waals surface area contributed by atoms with E-state index >= 15 is 0 Å². The molecule has 1 saturated carbocycles. The maximum atomic E-state index is 13.7. The topological polar surface area (TPSA) is 49.4 Å². The molecule has 0 spiro atoms. The van der Waals surface area contributed by atoms with Crippen LogP contribution in [-0.2, 0) is 16.1 Å². The van der Waals surface area contributed by atoms with Crippen LogP contribution in [-0.4, -0.2) is 29.8 Å². The molecule has 0 unspecified atom stereocenters. The van der Waals surface area contributed by atoms with E-state index in [0.717, 1.165) is 18.4 Å². The van der Waals surface area contributed by atoms with Crippen LogP contribution in [0, 0.1) is 30.4 Å². The van der Waals surface area contributed by atoms with Crippen molar-refractivity contribution < 1.29 is 18.4 Å². The fourth-order valence-corrected chi connectivity index (χ4v) is 4.20. The van der Waals surface area contributed by atoms with E-state index in [2.05, 4.69) is 5.32 Å². The van der Waals surface area contributed by atoms with E-state index in [4.69, 9.17) is 0 Å². The first-order valence-electron chi connectivity index (χ1n) is 10.5. The molecule has 1 aliphatic carbocycles. The van der Waals surface area contributed by atoms with Gasteiger partial charge in [-0.25, -0.2) is 8.78 Å². The van der Waals surface area contributed by atoms with Gasteiger partial charge in [0.25, 0.3) is 0 Å². The molecule has 4 nitrogen and oxygen atoms in total. The fourth-order valence-electron chi connectivity index (χ4n) is 4.20. The molecular weight excluding hydrogens is 386 g/mol. The van der Waals surface area contributed by atoms with Crippen LogP contribution < -0.4 is 5.32 Å². The normalized spacial score (nSPS) is 21.4. The molecule has 1 N–H and O–H groups in total. The van der Waals surface area contributed by atoms with Gasteiger partial charge in [0, 0.05) is 31.5 Å². The number of piperidine rings is 1. The quantitative estimate of drug-likeness (QED) is 0.809. The number of carbonyl (C=O) groups excluding carboxylic acids is 2. The van der Waals surface area contributed by atoms with Crippen molar-refractivity contribution in [2.45, 2.75) is 38.6 Å². The third-order valence-electron chi connectivity index (χ3n) is 6.07. The van der Waals surface area contributed by atoms with Gasteiger partial charge in [0.05, 0.1) is 5.92 Å². The van der Waals surface area contributed by atoms with Gasteiger partial charge in [-0.3, -0.25) is 9.59 Å². The summed E-state index contributed by atoms with van der Waals surface area (Å²) in [7, 11) is 0. The van der Waals surface area contributed by atoms with Crippen LogP contribution in [0.5, 0.6) is 0 Å². The Labute approximate surface area is 175 Å². The predicted octanol–water partition coefficient (Wildman–Crippen LogP) is 3.93. The van der Waals surface area contributed by atoms with Gasteiger partial charge >= 0.3 is 0 Å². The second-order valence-electron chi connectivity index (χ2n) is 8.50. The SMILES string of the molecule is Cc1cc([C@@H]2C[C@H](C(=O)NCc3cccc(F)c3)CN(C(=O)C3CC3)C2)ccc1F. The van der Waals surface area contributed by atoms with Gasteiger partial charge < -0.3 is 10.2 Å². The molecule has 2 fully saturated rings. The third kappa shape index (κ3) is 4.69. The van der Waals surface area contributed by atoms with Crippen molar-refractivity contribution in [2.24, 2.45) is 11.8 Å². The van der Waals surface area contributed by atoms with E-state index in [1.54, 1.807) is 30.0 Å². The molecule has 6 heteroatoms. The number of nitrogens with zero attached hydrogens (tertiary/aromatic N) is 1. The molecule has 0 radical (unpaired) electrons. The van der Waals surface area contributed by atoms with Crippen molar-refractivity contribution in [2.75, 3.05) is 13.1 Å². The summed E-state index contributed by atoms with van der Waals surface area (Å²) >= 11 is 0. The molecule has 30 heavy (non-hydrogen) atoms. The number of halogens is 2. The van der Waals surface area contributed by atoms with Crippen molar-refractivity contribution in [1.82, 2.24) is 10.2 Å². The lowest BCUT2D eigenvalue weighted by molar-refractivity contribution is -0.137. The van der Waals surface area contributed by atoms with Crippen LogP contribution in [0.15, 0.2) is 42.5 Å². The number of benzene rings is 2. The second kappa shape index (κ2) is 8.54. The van der Waals surface area contributed by atoms with Gasteiger partial charge in [0.1, 0.15) is 11.6 Å². The lowest BCUT2D eigenvalue weighted by Gasteiger charge is -2.37. The molecule has 1 aliphatic heterocycles. The first-order chi connectivity index (χ1) is 14.4. The second-order valence-corrected chi connectivity index (χ2v) is 8.50. The minimum absolute atomic E-state index is 0.0225. The molecule has 2 atom stereocenters. The van der Waals surface area contributed by atoms with Crippen molar-refractivity contribution in [3.8, 4) is 0 Å². The highest BCUT2D eigenvalue weighted by Gasteiger charge is 2.39. The Kier molecular flexibility index (Phi) is 5.84. The monoisotopic (exact) mass is 412 g/mol. The molecular formula is C24H26F2N2O2. The maximum absolute atomic E-state index is 13.7. The minimum Gasteiger partial charge on any atom is -0.352 e. The molecule has 4 rings (SSSR count). The van der Waals surface area contributed by atoms with Crippen LogP contribution in [0.4, 0.5) is 8.78 Å². The predicted molar refractivity (Wildman–Crippen MR) is 110 cm³/mol. The van der Waals surface area contributed by atoms with Gasteiger partial charge in [-0.1, -0.05) is 24.3 Å². The van der Waals surface area contributed by atoms with Gasteiger partial charge in [-0.2, -0.15) is 0 Å². The molecule has 2 aromatic carbocycles. The van der Waals surface area contributed by atoms with Gasteiger partial charge in [-0.05, 0) is 61.1 Å². The Morgan fingerprint density at radius 2 is 1.87 bits per heavy atom. The lowest BCUT2D eigenvalue weighted by atomic mass is 9.83. The summed E-state index contributed by atoms with van der Waals surface area (Å²) in [5.41, 5.74) is 2.20. The number of rotatable bonds is 5. The van der Waals surface area contributed by atoms with Crippen molar-refractivity contribution in [3.05, 3.63) is 70.8 Å². The summed E-state index contributed by atoms with van der Waals surface area (Å²) in [6.07, 6.45) is 2.41. The summed E-state index contributed by atoms with van der Waals surface area (Å²) in [5.74, 6) is -0.930. The smallest absolute Gasteiger partial charge is 0.225 e. The van der Waals surface area contributed by atoms with Crippen LogP contribution in [0.25, 0.3) is 0 Å². The number of carbonyl (C=O) groups is 2. The largest absolute Gasteiger partial charge is 0.352 e. The molecule has 0 aromatic heterocycles. The van der Waals surface area contributed by atoms with Crippen LogP contribution >= 0.6 is 0 Å². The minimum atomic E-state index is -0.356. The standard InChI is InChI=1S/C24H26F2N2O2/c1-15-9-18(7-8-22(15)26)19-11-20(14-28(13-19)24(30)17-5-6-17)23(29)27-12-16-3-2-4-21(25)10-16/h2-4,7-10,17,19-20H,5-6,11-14H2,1H3,(H,27,29)/t19-,20+/m1/s1. The van der Waals surface area contributed by atoms with E-state index in [0.29, 0.717) is 30.6 Å². The highest BCUT2D eigenvalue weighted by Crippen LogP contribution is 2.36. The Balaban J connectivity index is 1.49. The molecule has 1 heterocycles. The zero-order valence-electron chi connectivity index (χ0n) is 17.0. The summed E-state index contributed by atoms with van der Waals surface area (Å²) in [6, 6.07) is 11.1. The number of hydrogen-bond donors (Lipinski definition) is 1. The fraction of sp³-hybridized carbons (Fsp3) is 0.417. The Morgan fingerprint density at radius 1 is 1.07 bits per heavy atom. The lowest BCUT2D eigenvalue weighted by Crippen LogP contribution is -2.48. The molecule has 2 amide bonds. The van der Waals surface area contributed by atoms with E-state index in [9.17, 15) is 18.4 Å². The van der Waals surface area contributed by atoms with E-state index in [1.807, 2.05) is 6.07 Å². The van der Waals surface area contributed by atoms with Crippen LogP contribution in [0.3, 0.4) is 0 Å². The molecule has 1 saturated heterocycles. The number of nitrogens with one attached hydrogen (secondary N) is 1. The zero-order valence-corrected chi connectivity index (χ0v) is 17.0. The number of likely N-dealkylation sites (tertiary alicyclic amines) is 1. The van der Waals surface area contributed by atoms with E-state index < -0.39 is 0 Å². The average molecular weight is 412 g/mol. The van der Waals surface area contributed by atoms with Gasteiger partial charge in [0.2, 0.25) is 11.8 Å².